The molecule has 9 heteroatoms. The molecule has 0 spiro atoms. The van der Waals surface area contributed by atoms with Crippen LogP contribution in [0.4, 0.5) is 4.39 Å². The van der Waals surface area contributed by atoms with Gasteiger partial charge in [0.15, 0.2) is 5.82 Å². The number of amides is 1. The number of rotatable bonds is 3. The summed E-state index contributed by atoms with van der Waals surface area (Å²) in [5.74, 6) is 0.191. The molecular weight excluding hydrogens is 377 g/mol. The first-order valence-electron chi connectivity index (χ1n) is 9.50. The van der Waals surface area contributed by atoms with Crippen molar-refractivity contribution < 1.29 is 13.7 Å². The second-order valence-electron chi connectivity index (χ2n) is 6.98. The van der Waals surface area contributed by atoms with Crippen molar-refractivity contribution >= 4 is 5.91 Å². The van der Waals surface area contributed by atoms with Crippen LogP contribution in [0.5, 0.6) is 0 Å². The van der Waals surface area contributed by atoms with E-state index in [1.54, 1.807) is 11.8 Å². The third kappa shape index (κ3) is 3.94. The van der Waals surface area contributed by atoms with E-state index in [1.165, 1.54) is 36.4 Å². The summed E-state index contributed by atoms with van der Waals surface area (Å²) in [4.78, 5) is 31.5. The van der Waals surface area contributed by atoms with Crippen molar-refractivity contribution in [3.63, 3.8) is 0 Å². The number of aryl methyl sites for hydroxylation is 1. The molecule has 150 valence electrons. The Morgan fingerprint density at radius 1 is 1.14 bits per heavy atom. The van der Waals surface area contributed by atoms with Crippen LogP contribution in [-0.2, 0) is 0 Å². The molecule has 1 atom stereocenters. The van der Waals surface area contributed by atoms with Crippen LogP contribution in [0.1, 0.15) is 53.9 Å². The van der Waals surface area contributed by atoms with Crippen LogP contribution in [0.25, 0.3) is 5.69 Å². The molecule has 0 saturated carbocycles. The number of benzene rings is 1. The van der Waals surface area contributed by atoms with Crippen molar-refractivity contribution in [2.75, 3.05) is 6.54 Å². The second-order valence-corrected chi connectivity index (χ2v) is 6.98. The molecule has 0 radical (unpaired) electrons. The van der Waals surface area contributed by atoms with Gasteiger partial charge in [-0.2, -0.15) is 14.8 Å². The van der Waals surface area contributed by atoms with E-state index in [4.69, 9.17) is 4.52 Å². The normalized spacial score (nSPS) is 17.2. The Hall–Kier alpha value is -3.36. The maximum absolute atomic E-state index is 13.3. The van der Waals surface area contributed by atoms with Crippen LogP contribution in [0.2, 0.25) is 0 Å². The minimum atomic E-state index is -0.420. The van der Waals surface area contributed by atoms with Gasteiger partial charge in [0.05, 0.1) is 11.7 Å². The van der Waals surface area contributed by atoms with Crippen LogP contribution >= 0.6 is 0 Å². The van der Waals surface area contributed by atoms with Gasteiger partial charge in [-0.3, -0.25) is 9.59 Å². The van der Waals surface area contributed by atoms with E-state index in [0.717, 1.165) is 30.4 Å². The van der Waals surface area contributed by atoms with Gasteiger partial charge >= 0.3 is 0 Å². The Kier molecular flexibility index (Phi) is 5.20. The number of halogens is 1. The van der Waals surface area contributed by atoms with Gasteiger partial charge in [-0.1, -0.05) is 18.0 Å². The molecule has 8 nitrogen and oxygen atoms in total. The molecule has 1 aliphatic heterocycles. The molecule has 2 aromatic heterocycles. The molecule has 3 heterocycles. The summed E-state index contributed by atoms with van der Waals surface area (Å²) in [5, 5.41) is 8.24. The van der Waals surface area contributed by atoms with Gasteiger partial charge < -0.3 is 9.42 Å². The zero-order valence-electron chi connectivity index (χ0n) is 15.9. The zero-order chi connectivity index (χ0) is 20.4. The molecule has 0 unspecified atom stereocenters. The highest BCUT2D eigenvalue weighted by molar-refractivity contribution is 5.92. The third-order valence-corrected chi connectivity index (χ3v) is 4.95. The van der Waals surface area contributed by atoms with Gasteiger partial charge in [-0.15, -0.1) is 0 Å². The minimum Gasteiger partial charge on any atom is -0.340 e. The number of carbonyl (C=O) groups excluding carboxylic acids is 1. The Bertz CT molecular complexity index is 1080. The highest BCUT2D eigenvalue weighted by Crippen LogP contribution is 2.29. The van der Waals surface area contributed by atoms with E-state index >= 15 is 0 Å². The molecule has 1 aromatic carbocycles. The van der Waals surface area contributed by atoms with Crippen LogP contribution in [0.15, 0.2) is 45.7 Å². The predicted molar refractivity (Wildman–Crippen MR) is 101 cm³/mol. The molecular formula is C20H20FN5O3. The number of aromatic nitrogens is 4. The smallest absolute Gasteiger partial charge is 0.274 e. The lowest BCUT2D eigenvalue weighted by molar-refractivity contribution is 0.0662. The maximum Gasteiger partial charge on any atom is 0.274 e. The van der Waals surface area contributed by atoms with Crippen molar-refractivity contribution in [1.82, 2.24) is 24.8 Å². The third-order valence-electron chi connectivity index (χ3n) is 4.95. The zero-order valence-corrected chi connectivity index (χ0v) is 15.9. The average Bonchev–Trinajstić information content (AvgIpc) is 3.00. The van der Waals surface area contributed by atoms with E-state index in [1.807, 2.05) is 0 Å². The molecule has 0 bridgehead atoms. The SMILES string of the molecule is Cc1nc([C@@H]2CCCCCN2C(=O)c2ccc(=O)n(-c3ccc(F)cc3)n2)no1. The number of carbonyl (C=O) groups is 1. The van der Waals surface area contributed by atoms with Gasteiger partial charge in [-0.05, 0) is 43.2 Å². The highest BCUT2D eigenvalue weighted by atomic mass is 19.1. The molecule has 0 N–H and O–H groups in total. The van der Waals surface area contributed by atoms with E-state index in [9.17, 15) is 14.0 Å². The van der Waals surface area contributed by atoms with Crippen molar-refractivity contribution in [2.24, 2.45) is 0 Å². The molecule has 1 amide bonds. The summed E-state index contributed by atoms with van der Waals surface area (Å²) >= 11 is 0. The van der Waals surface area contributed by atoms with Crippen LogP contribution in [0, 0.1) is 12.7 Å². The van der Waals surface area contributed by atoms with Gasteiger partial charge in [0, 0.05) is 19.5 Å². The Balaban J connectivity index is 1.69. The Labute approximate surface area is 166 Å². The summed E-state index contributed by atoms with van der Waals surface area (Å²) in [5.41, 5.74) is 0.0997. The van der Waals surface area contributed by atoms with Crippen molar-refractivity contribution in [1.29, 1.82) is 0 Å². The van der Waals surface area contributed by atoms with Gasteiger partial charge in [0.1, 0.15) is 11.5 Å². The topological polar surface area (TPSA) is 94.1 Å². The monoisotopic (exact) mass is 397 g/mol. The maximum atomic E-state index is 13.3. The summed E-state index contributed by atoms with van der Waals surface area (Å²) in [6, 6.07) is 7.74. The molecule has 3 aromatic rings. The van der Waals surface area contributed by atoms with E-state index < -0.39 is 11.4 Å². The van der Waals surface area contributed by atoms with Crippen molar-refractivity contribution in [2.45, 2.75) is 38.6 Å². The molecule has 4 rings (SSSR count). The summed E-state index contributed by atoms with van der Waals surface area (Å²) in [6.07, 6.45) is 3.53. The predicted octanol–water partition coefficient (Wildman–Crippen LogP) is 2.82. The minimum absolute atomic E-state index is 0.126. The molecule has 29 heavy (non-hydrogen) atoms. The Morgan fingerprint density at radius 3 is 2.66 bits per heavy atom. The first kappa shape index (κ1) is 19.0. The Morgan fingerprint density at radius 2 is 1.93 bits per heavy atom. The van der Waals surface area contributed by atoms with Crippen molar-refractivity contribution in [3.8, 4) is 5.69 Å². The van der Waals surface area contributed by atoms with Crippen molar-refractivity contribution in [3.05, 3.63) is 70.0 Å². The fraction of sp³-hybridized carbons (Fsp3) is 0.350. The fourth-order valence-electron chi connectivity index (χ4n) is 3.51. The number of likely N-dealkylation sites (tertiary alicyclic amines) is 1. The standard InChI is InChI=1S/C20H20FN5O3/c1-13-22-19(24-29-13)17-5-3-2-4-12-25(17)20(28)16-10-11-18(27)26(23-16)15-8-6-14(21)7-9-15/h6-11,17H,2-5,12H2,1H3/t17-/m0/s1. The number of nitrogens with zero attached hydrogens (tertiary/aromatic N) is 5. The number of hydrogen-bond donors (Lipinski definition) is 0. The summed E-state index contributed by atoms with van der Waals surface area (Å²) < 4.78 is 19.4. The molecule has 1 aliphatic rings. The molecule has 1 fully saturated rings. The van der Waals surface area contributed by atoms with Crippen LogP contribution in [0.3, 0.4) is 0 Å². The lowest BCUT2D eigenvalue weighted by Gasteiger charge is -2.27. The van der Waals surface area contributed by atoms with Gasteiger partial charge in [-0.25, -0.2) is 4.39 Å². The fourth-order valence-corrected chi connectivity index (χ4v) is 3.51. The van der Waals surface area contributed by atoms with Gasteiger partial charge in [0.2, 0.25) is 5.89 Å². The van der Waals surface area contributed by atoms with Crippen LogP contribution < -0.4 is 5.56 Å². The first-order valence-corrected chi connectivity index (χ1v) is 9.50. The summed E-state index contributed by atoms with van der Waals surface area (Å²) in [6.45, 7) is 2.24. The average molecular weight is 397 g/mol. The highest BCUT2D eigenvalue weighted by Gasteiger charge is 2.31. The van der Waals surface area contributed by atoms with Gasteiger partial charge in [0.25, 0.3) is 11.5 Å². The van der Waals surface area contributed by atoms with E-state index in [-0.39, 0.29) is 17.6 Å². The molecule has 0 aliphatic carbocycles. The lowest BCUT2D eigenvalue weighted by Crippen LogP contribution is -2.37. The second kappa shape index (κ2) is 7.94. The number of hydrogen-bond acceptors (Lipinski definition) is 6. The summed E-state index contributed by atoms with van der Waals surface area (Å²) in [7, 11) is 0. The van der Waals surface area contributed by atoms with Crippen LogP contribution in [-0.4, -0.2) is 37.3 Å². The lowest BCUT2D eigenvalue weighted by atomic mass is 10.1. The largest absolute Gasteiger partial charge is 0.340 e. The first-order chi connectivity index (χ1) is 14.0. The van der Waals surface area contributed by atoms with E-state index in [0.29, 0.717) is 23.9 Å². The molecule has 1 saturated heterocycles. The van der Waals surface area contributed by atoms with E-state index in [2.05, 4.69) is 15.2 Å². The quantitative estimate of drug-likeness (QED) is 0.675.